The normalized spacial score (nSPS) is 38.4. The van der Waals surface area contributed by atoms with Crippen molar-refractivity contribution in [3.8, 4) is 11.5 Å². The fraction of sp³-hybridized carbons (Fsp3) is 0.722. The molecular formula is C36H52O6S. The molecule has 43 heavy (non-hydrogen) atoms. The van der Waals surface area contributed by atoms with E-state index in [-0.39, 0.29) is 26.9 Å². The second kappa shape index (κ2) is 10.6. The van der Waals surface area contributed by atoms with Crippen LogP contribution in [0.15, 0.2) is 17.7 Å². The van der Waals surface area contributed by atoms with Crippen LogP contribution in [0.4, 0.5) is 0 Å². The van der Waals surface area contributed by atoms with E-state index in [0.29, 0.717) is 22.7 Å². The first-order valence-corrected chi connectivity index (χ1v) is 17.0. The Balaban J connectivity index is 1.71. The zero-order chi connectivity index (χ0) is 31.9. The Bertz CT molecular complexity index is 1370. The SMILES string of the molecule is CC(=O)Oc1cc2c(c(C)c1OC(C)=O)C(SC(C)C)C=C1[C@@]2(C)CC[C@@]2(C)[C@@H]3C[C@](C)(C(O)O)CC[C@]3(C)CC[C@]12C. The topological polar surface area (TPSA) is 93.1 Å². The van der Waals surface area contributed by atoms with Crippen LogP contribution in [0.25, 0.3) is 0 Å². The number of carbonyl (C=O) groups excluding carboxylic acids is 2. The third-order valence-electron chi connectivity index (χ3n) is 12.6. The Morgan fingerprint density at radius 1 is 0.930 bits per heavy atom. The fourth-order valence-corrected chi connectivity index (χ4v) is 11.1. The first-order valence-electron chi connectivity index (χ1n) is 16.1. The number of aliphatic hydroxyl groups excluding tert-OH is 1. The van der Waals surface area contributed by atoms with Crippen LogP contribution >= 0.6 is 11.8 Å². The molecule has 0 aliphatic heterocycles. The molecule has 2 N–H and O–H groups in total. The van der Waals surface area contributed by atoms with Gasteiger partial charge in [-0.15, -0.1) is 11.8 Å². The highest BCUT2D eigenvalue weighted by Crippen LogP contribution is 2.75. The van der Waals surface area contributed by atoms with Crippen LogP contribution in [0.3, 0.4) is 0 Å². The number of fused-ring (bicyclic) bond motifs is 7. The van der Waals surface area contributed by atoms with Crippen LogP contribution in [0.1, 0.15) is 129 Å². The van der Waals surface area contributed by atoms with Crippen LogP contribution in [0.5, 0.6) is 11.5 Å². The minimum Gasteiger partial charge on any atom is -0.423 e. The van der Waals surface area contributed by atoms with Gasteiger partial charge in [-0.2, -0.15) is 0 Å². The maximum Gasteiger partial charge on any atom is 0.308 e. The molecule has 3 fully saturated rings. The average molecular weight is 613 g/mol. The first-order chi connectivity index (χ1) is 19.8. The zero-order valence-corrected chi connectivity index (χ0v) is 28.7. The molecule has 1 aromatic rings. The van der Waals surface area contributed by atoms with Crippen LogP contribution in [-0.4, -0.2) is 33.7 Å². The number of rotatable bonds is 5. The number of benzene rings is 1. The molecule has 6 nitrogen and oxygen atoms in total. The van der Waals surface area contributed by atoms with Gasteiger partial charge < -0.3 is 19.7 Å². The highest BCUT2D eigenvalue weighted by molar-refractivity contribution is 8.00. The third kappa shape index (κ3) is 4.91. The lowest BCUT2D eigenvalue weighted by molar-refractivity contribution is -0.208. The highest BCUT2D eigenvalue weighted by atomic mass is 32.2. The van der Waals surface area contributed by atoms with E-state index in [1.165, 1.54) is 30.5 Å². The van der Waals surface area contributed by atoms with Crippen LogP contribution < -0.4 is 9.47 Å². The molecule has 3 saturated carbocycles. The van der Waals surface area contributed by atoms with Crippen molar-refractivity contribution >= 4 is 23.7 Å². The van der Waals surface area contributed by atoms with E-state index in [1.54, 1.807) is 0 Å². The molecule has 0 aromatic heterocycles. The summed E-state index contributed by atoms with van der Waals surface area (Å²) in [7, 11) is 0. The van der Waals surface area contributed by atoms with Gasteiger partial charge in [0.25, 0.3) is 0 Å². The van der Waals surface area contributed by atoms with Crippen LogP contribution in [-0.2, 0) is 15.0 Å². The molecule has 0 heterocycles. The van der Waals surface area contributed by atoms with E-state index < -0.39 is 23.6 Å². The molecule has 0 amide bonds. The molecule has 1 unspecified atom stereocenters. The number of thioether (sulfide) groups is 1. The van der Waals surface area contributed by atoms with Crippen LogP contribution in [0.2, 0.25) is 0 Å². The quantitative estimate of drug-likeness (QED) is 0.151. The minimum atomic E-state index is -1.32. The van der Waals surface area contributed by atoms with Gasteiger partial charge in [0.15, 0.2) is 17.8 Å². The van der Waals surface area contributed by atoms with Gasteiger partial charge >= 0.3 is 11.9 Å². The summed E-state index contributed by atoms with van der Waals surface area (Å²) in [5.74, 6) is 0.122. The Morgan fingerprint density at radius 2 is 1.56 bits per heavy atom. The lowest BCUT2D eigenvalue weighted by Crippen LogP contribution is -2.63. The van der Waals surface area contributed by atoms with Crippen molar-refractivity contribution in [2.45, 2.75) is 136 Å². The molecule has 0 saturated heterocycles. The smallest absolute Gasteiger partial charge is 0.308 e. The summed E-state index contributed by atoms with van der Waals surface area (Å²) >= 11 is 1.91. The molecule has 7 atom stereocenters. The number of hydrogen-bond donors (Lipinski definition) is 2. The Hall–Kier alpha value is -1.83. The van der Waals surface area contributed by atoms with Gasteiger partial charge in [-0.3, -0.25) is 9.59 Å². The Labute approximate surface area is 262 Å². The van der Waals surface area contributed by atoms with E-state index in [4.69, 9.17) is 9.47 Å². The number of carbonyl (C=O) groups is 2. The Kier molecular flexibility index (Phi) is 8.04. The largest absolute Gasteiger partial charge is 0.423 e. The minimum absolute atomic E-state index is 0.0160. The molecule has 4 aliphatic carbocycles. The maximum absolute atomic E-state index is 12.2. The monoisotopic (exact) mass is 612 g/mol. The summed E-state index contributed by atoms with van der Waals surface area (Å²) in [5.41, 5.74) is 3.93. The second-order valence-electron chi connectivity index (χ2n) is 15.7. The van der Waals surface area contributed by atoms with Crippen molar-refractivity contribution in [2.24, 2.45) is 27.6 Å². The summed E-state index contributed by atoms with van der Waals surface area (Å²) < 4.78 is 11.4. The number of hydrogen-bond acceptors (Lipinski definition) is 7. The number of esters is 2. The third-order valence-corrected chi connectivity index (χ3v) is 13.8. The fourth-order valence-electron chi connectivity index (χ4n) is 9.83. The number of aliphatic hydroxyl groups is 2. The van der Waals surface area contributed by atoms with E-state index in [0.717, 1.165) is 50.5 Å². The molecule has 0 spiro atoms. The molecule has 1 aromatic carbocycles. The van der Waals surface area contributed by atoms with Crippen molar-refractivity contribution in [1.29, 1.82) is 0 Å². The molecule has 7 heteroatoms. The number of ether oxygens (including phenoxy) is 2. The van der Waals surface area contributed by atoms with Gasteiger partial charge in [-0.05, 0) is 96.5 Å². The van der Waals surface area contributed by atoms with Gasteiger partial charge in [0, 0.05) is 35.5 Å². The summed E-state index contributed by atoms with van der Waals surface area (Å²) in [6.45, 7) is 21.0. The summed E-state index contributed by atoms with van der Waals surface area (Å²) in [6, 6.07) is 1.99. The number of allylic oxidation sites excluding steroid dienone is 1. The molecule has 5 rings (SSSR count). The molecule has 4 aliphatic rings. The molecular weight excluding hydrogens is 560 g/mol. The lowest BCUT2D eigenvalue weighted by Gasteiger charge is -2.70. The van der Waals surface area contributed by atoms with Gasteiger partial charge in [-0.25, -0.2) is 0 Å². The summed E-state index contributed by atoms with van der Waals surface area (Å²) in [5, 5.41) is 21.4. The van der Waals surface area contributed by atoms with E-state index in [9.17, 15) is 19.8 Å². The predicted molar refractivity (Wildman–Crippen MR) is 171 cm³/mol. The van der Waals surface area contributed by atoms with E-state index >= 15 is 0 Å². The van der Waals surface area contributed by atoms with Gasteiger partial charge in [-0.1, -0.05) is 60.1 Å². The van der Waals surface area contributed by atoms with Crippen LogP contribution in [0, 0.1) is 34.5 Å². The van der Waals surface area contributed by atoms with Crippen molar-refractivity contribution < 1.29 is 29.3 Å². The maximum atomic E-state index is 12.2. The van der Waals surface area contributed by atoms with Crippen molar-refractivity contribution in [3.05, 3.63) is 34.4 Å². The van der Waals surface area contributed by atoms with Gasteiger partial charge in [0.1, 0.15) is 0 Å². The van der Waals surface area contributed by atoms with Crippen molar-refractivity contribution in [1.82, 2.24) is 0 Å². The molecule has 0 radical (unpaired) electrons. The van der Waals surface area contributed by atoms with Gasteiger partial charge in [0.05, 0.1) is 0 Å². The average Bonchev–Trinajstić information content (AvgIpc) is 2.89. The van der Waals surface area contributed by atoms with Crippen molar-refractivity contribution in [3.63, 3.8) is 0 Å². The first kappa shape index (κ1) is 32.6. The van der Waals surface area contributed by atoms with Crippen molar-refractivity contribution in [2.75, 3.05) is 0 Å². The zero-order valence-electron chi connectivity index (χ0n) is 27.8. The molecule has 0 bridgehead atoms. The predicted octanol–water partition coefficient (Wildman–Crippen LogP) is 7.95. The summed E-state index contributed by atoms with van der Waals surface area (Å²) in [4.78, 5) is 24.4. The summed E-state index contributed by atoms with van der Waals surface area (Å²) in [6.07, 6.45) is 8.06. The van der Waals surface area contributed by atoms with Gasteiger partial charge in [0.2, 0.25) is 0 Å². The highest BCUT2D eigenvalue weighted by Gasteiger charge is 2.67. The lowest BCUT2D eigenvalue weighted by atomic mass is 9.34. The Morgan fingerprint density at radius 3 is 2.14 bits per heavy atom. The van der Waals surface area contributed by atoms with E-state index in [2.05, 4.69) is 54.5 Å². The molecule has 238 valence electrons. The standard InChI is InChI=1S/C36H52O6S/c1-20(2)43-26-18-27-34(8,24-17-25(41-22(4)37)30(42-23(5)38)21(3)29(24)26)14-16-36(10)28-19-33(7,31(39)40)12-11-32(28,6)13-15-35(27,36)9/h17-18,20,26,28,31,39-40H,11-16,19H2,1-10H3/t26?,28-,32-,33-,34+,35-,36+/m1/s1. The van der Waals surface area contributed by atoms with E-state index in [1.807, 2.05) is 24.8 Å². The second-order valence-corrected chi connectivity index (χ2v) is 17.4.